The number of rotatable bonds is 6. The molecule has 2 aliphatic rings. The summed E-state index contributed by atoms with van der Waals surface area (Å²) in [5.41, 5.74) is 2.42. The number of ether oxygens (including phenoxy) is 2. The molecule has 2 aliphatic heterocycles. The molecule has 0 saturated carbocycles. The van der Waals surface area contributed by atoms with Gasteiger partial charge >= 0.3 is 0 Å². The van der Waals surface area contributed by atoms with E-state index in [1.807, 2.05) is 24.3 Å². The quantitative estimate of drug-likeness (QED) is 0.788. The molecule has 2 aromatic carbocycles. The number of nitrogens with zero attached hydrogens (tertiary/aromatic N) is 3. The third-order valence-corrected chi connectivity index (χ3v) is 6.40. The summed E-state index contributed by atoms with van der Waals surface area (Å²) in [6.07, 6.45) is 2.50. The fraction of sp³-hybridized carbons (Fsp3) is 0.500. The van der Waals surface area contributed by atoms with E-state index < -0.39 is 0 Å². The SMILES string of the molecule is COc1ccc(N2CCN([C@H]3CCCN(Cc4ccc(OC)c(O)c4)C3)CC2)cc1. The predicted octanol–water partition coefficient (Wildman–Crippen LogP) is 3.20. The van der Waals surface area contributed by atoms with E-state index in [-0.39, 0.29) is 5.75 Å². The minimum atomic E-state index is 0.221. The molecule has 6 heteroatoms. The molecular formula is C24H33N3O3. The molecule has 1 N–H and O–H groups in total. The number of piperidine rings is 1. The molecule has 0 aromatic heterocycles. The fourth-order valence-corrected chi connectivity index (χ4v) is 4.70. The van der Waals surface area contributed by atoms with Crippen molar-refractivity contribution in [1.82, 2.24) is 9.80 Å². The Balaban J connectivity index is 1.30. The number of methoxy groups -OCH3 is 2. The number of phenols is 1. The number of hydrogen-bond acceptors (Lipinski definition) is 6. The van der Waals surface area contributed by atoms with Crippen LogP contribution in [0.15, 0.2) is 42.5 Å². The summed E-state index contributed by atoms with van der Waals surface area (Å²) in [6, 6.07) is 14.7. The molecule has 0 unspecified atom stereocenters. The van der Waals surface area contributed by atoms with E-state index in [0.717, 1.165) is 57.1 Å². The number of piperazine rings is 1. The van der Waals surface area contributed by atoms with Crippen LogP contribution in [-0.2, 0) is 6.54 Å². The largest absolute Gasteiger partial charge is 0.504 e. The Morgan fingerprint density at radius 2 is 1.70 bits per heavy atom. The highest BCUT2D eigenvalue weighted by Crippen LogP contribution is 2.28. The van der Waals surface area contributed by atoms with Crippen LogP contribution in [0.2, 0.25) is 0 Å². The van der Waals surface area contributed by atoms with E-state index >= 15 is 0 Å². The third kappa shape index (κ3) is 4.82. The van der Waals surface area contributed by atoms with Gasteiger partial charge in [0, 0.05) is 51.0 Å². The van der Waals surface area contributed by atoms with Gasteiger partial charge in [0.25, 0.3) is 0 Å². The molecule has 0 spiro atoms. The van der Waals surface area contributed by atoms with E-state index in [1.165, 1.54) is 18.5 Å². The average molecular weight is 412 g/mol. The van der Waals surface area contributed by atoms with Crippen LogP contribution in [0.1, 0.15) is 18.4 Å². The molecule has 0 amide bonds. The number of hydrogen-bond donors (Lipinski definition) is 1. The van der Waals surface area contributed by atoms with Crippen LogP contribution in [0, 0.1) is 0 Å². The molecule has 4 rings (SSSR count). The van der Waals surface area contributed by atoms with Crippen molar-refractivity contribution in [1.29, 1.82) is 0 Å². The van der Waals surface area contributed by atoms with Gasteiger partial charge in [0.05, 0.1) is 14.2 Å². The lowest BCUT2D eigenvalue weighted by Gasteiger charge is -2.44. The van der Waals surface area contributed by atoms with E-state index in [9.17, 15) is 5.11 Å². The summed E-state index contributed by atoms with van der Waals surface area (Å²) < 4.78 is 10.4. The van der Waals surface area contributed by atoms with Gasteiger partial charge in [0.1, 0.15) is 5.75 Å². The summed E-state index contributed by atoms with van der Waals surface area (Å²) in [7, 11) is 3.29. The Morgan fingerprint density at radius 1 is 0.933 bits per heavy atom. The maximum atomic E-state index is 10.1. The van der Waals surface area contributed by atoms with Crippen LogP contribution in [0.5, 0.6) is 17.2 Å². The molecule has 1 atom stereocenters. The monoisotopic (exact) mass is 411 g/mol. The molecule has 162 valence electrons. The molecule has 0 radical (unpaired) electrons. The lowest BCUT2D eigenvalue weighted by atomic mass is 10.0. The van der Waals surface area contributed by atoms with Crippen LogP contribution >= 0.6 is 0 Å². The van der Waals surface area contributed by atoms with Crippen molar-refractivity contribution in [2.45, 2.75) is 25.4 Å². The normalized spacial score (nSPS) is 20.9. The summed E-state index contributed by atoms with van der Waals surface area (Å²) in [5, 5.41) is 10.1. The van der Waals surface area contributed by atoms with Gasteiger partial charge < -0.3 is 19.5 Å². The van der Waals surface area contributed by atoms with Crippen molar-refractivity contribution >= 4 is 5.69 Å². The smallest absolute Gasteiger partial charge is 0.160 e. The number of anilines is 1. The second-order valence-electron chi connectivity index (χ2n) is 8.26. The van der Waals surface area contributed by atoms with Crippen molar-refractivity contribution in [3.05, 3.63) is 48.0 Å². The van der Waals surface area contributed by atoms with Crippen LogP contribution in [0.25, 0.3) is 0 Å². The van der Waals surface area contributed by atoms with Crippen molar-refractivity contribution < 1.29 is 14.6 Å². The first kappa shape index (κ1) is 20.8. The Kier molecular flexibility index (Phi) is 6.65. The van der Waals surface area contributed by atoms with Crippen LogP contribution < -0.4 is 14.4 Å². The minimum absolute atomic E-state index is 0.221. The second kappa shape index (κ2) is 9.58. The number of aromatic hydroxyl groups is 1. The number of benzene rings is 2. The maximum absolute atomic E-state index is 10.1. The Hall–Kier alpha value is -2.44. The maximum Gasteiger partial charge on any atom is 0.160 e. The van der Waals surface area contributed by atoms with Gasteiger partial charge in [-0.15, -0.1) is 0 Å². The van der Waals surface area contributed by atoms with Gasteiger partial charge in [0.2, 0.25) is 0 Å². The van der Waals surface area contributed by atoms with E-state index in [1.54, 1.807) is 14.2 Å². The van der Waals surface area contributed by atoms with Gasteiger partial charge in [-0.25, -0.2) is 0 Å². The standard InChI is InChI=1S/C24H33N3O3/c1-29-22-8-6-20(7-9-22)26-12-14-27(15-13-26)21-4-3-11-25(18-21)17-19-5-10-24(30-2)23(28)16-19/h5-10,16,21,28H,3-4,11-15,17-18H2,1-2H3/t21-/m0/s1. The predicted molar refractivity (Wildman–Crippen MR) is 120 cm³/mol. The molecule has 2 aromatic rings. The summed E-state index contributed by atoms with van der Waals surface area (Å²) >= 11 is 0. The highest BCUT2D eigenvalue weighted by Gasteiger charge is 2.28. The van der Waals surface area contributed by atoms with Gasteiger partial charge in [-0.1, -0.05) is 6.07 Å². The average Bonchev–Trinajstić information content (AvgIpc) is 2.80. The highest BCUT2D eigenvalue weighted by atomic mass is 16.5. The molecular weight excluding hydrogens is 378 g/mol. The zero-order valence-electron chi connectivity index (χ0n) is 18.1. The lowest BCUT2D eigenvalue weighted by molar-refractivity contribution is 0.0887. The molecule has 6 nitrogen and oxygen atoms in total. The molecule has 2 fully saturated rings. The molecule has 2 saturated heterocycles. The topological polar surface area (TPSA) is 48.4 Å². The van der Waals surface area contributed by atoms with E-state index in [0.29, 0.717) is 11.8 Å². The first-order chi connectivity index (χ1) is 14.7. The second-order valence-corrected chi connectivity index (χ2v) is 8.26. The molecule has 0 aliphatic carbocycles. The van der Waals surface area contributed by atoms with Crippen molar-refractivity contribution in [3.63, 3.8) is 0 Å². The lowest BCUT2D eigenvalue weighted by Crippen LogP contribution is -2.55. The van der Waals surface area contributed by atoms with Gasteiger partial charge in [-0.05, 0) is 61.3 Å². The van der Waals surface area contributed by atoms with Crippen molar-refractivity contribution in [2.75, 3.05) is 58.4 Å². The zero-order valence-corrected chi connectivity index (χ0v) is 18.1. The summed E-state index contributed by atoms with van der Waals surface area (Å²) in [4.78, 5) is 7.65. The highest BCUT2D eigenvalue weighted by molar-refractivity contribution is 5.49. The minimum Gasteiger partial charge on any atom is -0.504 e. The summed E-state index contributed by atoms with van der Waals surface area (Å²) in [6.45, 7) is 7.43. The van der Waals surface area contributed by atoms with E-state index in [2.05, 4.69) is 32.9 Å². The van der Waals surface area contributed by atoms with Crippen LogP contribution in [0.4, 0.5) is 5.69 Å². The molecule has 30 heavy (non-hydrogen) atoms. The van der Waals surface area contributed by atoms with Crippen molar-refractivity contribution in [2.24, 2.45) is 0 Å². The fourth-order valence-electron chi connectivity index (χ4n) is 4.70. The number of likely N-dealkylation sites (tertiary alicyclic amines) is 1. The molecule has 2 heterocycles. The van der Waals surface area contributed by atoms with Crippen LogP contribution in [0.3, 0.4) is 0 Å². The van der Waals surface area contributed by atoms with E-state index in [4.69, 9.17) is 9.47 Å². The Labute approximate surface area is 179 Å². The first-order valence-corrected chi connectivity index (χ1v) is 10.9. The Bertz CT molecular complexity index is 819. The Morgan fingerprint density at radius 3 is 2.37 bits per heavy atom. The number of phenolic OH excluding ortho intramolecular Hbond substituents is 1. The molecule has 0 bridgehead atoms. The first-order valence-electron chi connectivity index (χ1n) is 10.9. The van der Waals surface area contributed by atoms with Crippen molar-refractivity contribution in [3.8, 4) is 17.2 Å². The summed E-state index contributed by atoms with van der Waals surface area (Å²) in [5.74, 6) is 1.66. The zero-order chi connectivity index (χ0) is 20.9. The van der Waals surface area contributed by atoms with Gasteiger partial charge in [-0.3, -0.25) is 9.80 Å². The van der Waals surface area contributed by atoms with Crippen LogP contribution in [-0.4, -0.2) is 74.4 Å². The third-order valence-electron chi connectivity index (χ3n) is 6.40. The van der Waals surface area contributed by atoms with Gasteiger partial charge in [-0.2, -0.15) is 0 Å². The van der Waals surface area contributed by atoms with Gasteiger partial charge in [0.15, 0.2) is 11.5 Å².